The van der Waals surface area contributed by atoms with Crippen LogP contribution in [-0.4, -0.2) is 44.4 Å². The highest BCUT2D eigenvalue weighted by Gasteiger charge is 2.20. The Balaban J connectivity index is 1.94. The van der Waals surface area contributed by atoms with Crippen molar-refractivity contribution in [3.05, 3.63) is 29.6 Å². The number of nitrogens with zero attached hydrogens (tertiary/aromatic N) is 1. The van der Waals surface area contributed by atoms with Crippen LogP contribution in [0.5, 0.6) is 5.75 Å². The molecule has 2 unspecified atom stereocenters. The SMILES string of the molecule is CCN(CC1CCCO1)CC(N)c1ccc(OC)c(F)c1. The Morgan fingerprint density at radius 1 is 1.52 bits per heavy atom. The van der Waals surface area contributed by atoms with Crippen molar-refractivity contribution in [1.82, 2.24) is 4.90 Å². The molecule has 1 aliphatic heterocycles. The molecule has 1 fully saturated rings. The third kappa shape index (κ3) is 4.40. The number of hydrogen-bond donors (Lipinski definition) is 1. The number of ether oxygens (including phenoxy) is 2. The molecule has 1 heterocycles. The highest BCUT2D eigenvalue weighted by molar-refractivity contribution is 5.31. The quantitative estimate of drug-likeness (QED) is 0.839. The van der Waals surface area contributed by atoms with Gasteiger partial charge in [0.15, 0.2) is 11.6 Å². The van der Waals surface area contributed by atoms with Crippen molar-refractivity contribution in [2.75, 3.05) is 33.4 Å². The van der Waals surface area contributed by atoms with E-state index < -0.39 is 0 Å². The topological polar surface area (TPSA) is 47.7 Å². The van der Waals surface area contributed by atoms with Gasteiger partial charge in [0.05, 0.1) is 13.2 Å². The van der Waals surface area contributed by atoms with Crippen LogP contribution in [0, 0.1) is 5.82 Å². The zero-order valence-electron chi connectivity index (χ0n) is 12.8. The number of likely N-dealkylation sites (N-methyl/N-ethyl adjacent to an activating group) is 1. The molecule has 1 aromatic carbocycles. The number of rotatable bonds is 7. The highest BCUT2D eigenvalue weighted by Crippen LogP contribution is 2.22. The number of nitrogens with two attached hydrogens (primary N) is 1. The van der Waals surface area contributed by atoms with Crippen LogP contribution in [0.1, 0.15) is 31.4 Å². The minimum absolute atomic E-state index is 0.216. The van der Waals surface area contributed by atoms with Gasteiger partial charge >= 0.3 is 0 Å². The van der Waals surface area contributed by atoms with Crippen molar-refractivity contribution >= 4 is 0 Å². The van der Waals surface area contributed by atoms with E-state index in [1.165, 1.54) is 13.2 Å². The predicted octanol–water partition coefficient (Wildman–Crippen LogP) is 2.33. The molecule has 5 heteroatoms. The molecule has 1 aliphatic rings. The number of methoxy groups -OCH3 is 1. The fourth-order valence-corrected chi connectivity index (χ4v) is 2.71. The molecule has 4 nitrogen and oxygen atoms in total. The Bertz CT molecular complexity index is 450. The maximum absolute atomic E-state index is 13.7. The van der Waals surface area contributed by atoms with Gasteiger partial charge in [-0.2, -0.15) is 0 Å². The van der Waals surface area contributed by atoms with Crippen LogP contribution < -0.4 is 10.5 Å². The van der Waals surface area contributed by atoms with Crippen LogP contribution in [-0.2, 0) is 4.74 Å². The van der Waals surface area contributed by atoms with Gasteiger partial charge in [-0.1, -0.05) is 13.0 Å². The Kier molecular flexibility index (Phi) is 5.96. The first-order valence-electron chi connectivity index (χ1n) is 7.57. The molecule has 21 heavy (non-hydrogen) atoms. The molecule has 0 spiro atoms. The summed E-state index contributed by atoms with van der Waals surface area (Å²) < 4.78 is 24.3. The second-order valence-corrected chi connectivity index (χ2v) is 5.49. The van der Waals surface area contributed by atoms with E-state index in [4.69, 9.17) is 15.2 Å². The van der Waals surface area contributed by atoms with Crippen molar-refractivity contribution in [3.63, 3.8) is 0 Å². The number of halogens is 1. The normalized spacial score (nSPS) is 20.0. The second kappa shape index (κ2) is 7.73. The Labute approximate surface area is 126 Å². The Hall–Kier alpha value is -1.17. The summed E-state index contributed by atoms with van der Waals surface area (Å²) in [7, 11) is 1.46. The largest absolute Gasteiger partial charge is 0.494 e. The van der Waals surface area contributed by atoms with Crippen LogP contribution in [0.15, 0.2) is 18.2 Å². The van der Waals surface area contributed by atoms with Crippen molar-refractivity contribution < 1.29 is 13.9 Å². The minimum atomic E-state index is -0.368. The molecule has 0 radical (unpaired) electrons. The zero-order valence-corrected chi connectivity index (χ0v) is 12.8. The molecular weight excluding hydrogens is 271 g/mol. The molecule has 0 amide bonds. The fraction of sp³-hybridized carbons (Fsp3) is 0.625. The molecule has 1 saturated heterocycles. The number of hydrogen-bond acceptors (Lipinski definition) is 4. The van der Waals surface area contributed by atoms with Gasteiger partial charge in [-0.15, -0.1) is 0 Å². The van der Waals surface area contributed by atoms with E-state index in [-0.39, 0.29) is 17.6 Å². The molecule has 2 rings (SSSR count). The van der Waals surface area contributed by atoms with Crippen LogP contribution in [0.25, 0.3) is 0 Å². The van der Waals surface area contributed by atoms with Gasteiger partial charge in [0.25, 0.3) is 0 Å². The Morgan fingerprint density at radius 3 is 2.90 bits per heavy atom. The maximum atomic E-state index is 13.7. The fourth-order valence-electron chi connectivity index (χ4n) is 2.71. The van der Waals surface area contributed by atoms with E-state index in [0.29, 0.717) is 12.6 Å². The molecule has 0 bridgehead atoms. The highest BCUT2D eigenvalue weighted by atomic mass is 19.1. The van der Waals surface area contributed by atoms with Crippen molar-refractivity contribution in [3.8, 4) is 5.75 Å². The molecule has 2 atom stereocenters. The van der Waals surface area contributed by atoms with Crippen molar-refractivity contribution in [2.45, 2.75) is 31.9 Å². The van der Waals surface area contributed by atoms with Crippen LogP contribution in [0.3, 0.4) is 0 Å². The summed E-state index contributed by atoms with van der Waals surface area (Å²) in [5.74, 6) is -0.120. The van der Waals surface area contributed by atoms with Gasteiger partial charge in [0.1, 0.15) is 0 Å². The van der Waals surface area contributed by atoms with Gasteiger partial charge in [0.2, 0.25) is 0 Å². The van der Waals surface area contributed by atoms with Crippen LogP contribution in [0.4, 0.5) is 4.39 Å². The summed E-state index contributed by atoms with van der Waals surface area (Å²) in [6, 6.07) is 4.70. The van der Waals surface area contributed by atoms with Gasteiger partial charge in [-0.05, 0) is 37.1 Å². The number of benzene rings is 1. The molecule has 0 aromatic heterocycles. The standard InChI is InChI=1S/C16H25FN2O2/c1-3-19(10-13-5-4-8-21-13)11-15(18)12-6-7-16(20-2)14(17)9-12/h6-7,9,13,15H,3-5,8,10-11,18H2,1-2H3. The Morgan fingerprint density at radius 2 is 2.33 bits per heavy atom. The summed E-state index contributed by atoms with van der Waals surface area (Å²) in [6.07, 6.45) is 2.56. The average Bonchev–Trinajstić information content (AvgIpc) is 2.99. The summed E-state index contributed by atoms with van der Waals surface area (Å²) in [5, 5.41) is 0. The summed E-state index contributed by atoms with van der Waals surface area (Å²) in [6.45, 7) is 5.46. The van der Waals surface area contributed by atoms with E-state index in [9.17, 15) is 4.39 Å². The van der Waals surface area contributed by atoms with E-state index in [1.54, 1.807) is 6.07 Å². The third-order valence-corrected chi connectivity index (χ3v) is 3.99. The molecule has 0 saturated carbocycles. The van der Waals surface area contributed by atoms with Crippen LogP contribution >= 0.6 is 0 Å². The van der Waals surface area contributed by atoms with Gasteiger partial charge in [-0.3, -0.25) is 4.90 Å². The first-order valence-corrected chi connectivity index (χ1v) is 7.57. The lowest BCUT2D eigenvalue weighted by Crippen LogP contribution is -2.37. The average molecular weight is 296 g/mol. The summed E-state index contributed by atoms with van der Waals surface area (Å²) in [4.78, 5) is 2.27. The first-order chi connectivity index (χ1) is 10.1. The smallest absolute Gasteiger partial charge is 0.165 e. The molecule has 1 aromatic rings. The lowest BCUT2D eigenvalue weighted by atomic mass is 10.1. The maximum Gasteiger partial charge on any atom is 0.165 e. The minimum Gasteiger partial charge on any atom is -0.494 e. The lowest BCUT2D eigenvalue weighted by molar-refractivity contribution is 0.0729. The van der Waals surface area contributed by atoms with Gasteiger partial charge in [0, 0.05) is 25.7 Å². The second-order valence-electron chi connectivity index (χ2n) is 5.49. The van der Waals surface area contributed by atoms with Gasteiger partial charge < -0.3 is 15.2 Å². The monoisotopic (exact) mass is 296 g/mol. The van der Waals surface area contributed by atoms with Crippen molar-refractivity contribution in [1.29, 1.82) is 0 Å². The van der Waals surface area contributed by atoms with E-state index in [2.05, 4.69) is 11.8 Å². The van der Waals surface area contributed by atoms with E-state index in [1.807, 2.05) is 6.07 Å². The molecule has 118 valence electrons. The van der Waals surface area contributed by atoms with E-state index in [0.717, 1.165) is 38.1 Å². The van der Waals surface area contributed by atoms with E-state index >= 15 is 0 Å². The molecule has 0 aliphatic carbocycles. The lowest BCUT2D eigenvalue weighted by Gasteiger charge is -2.26. The predicted molar refractivity (Wildman–Crippen MR) is 81.0 cm³/mol. The summed E-state index contributed by atoms with van der Waals surface area (Å²) >= 11 is 0. The summed E-state index contributed by atoms with van der Waals surface area (Å²) in [5.41, 5.74) is 7.01. The van der Waals surface area contributed by atoms with Crippen molar-refractivity contribution in [2.24, 2.45) is 5.73 Å². The first kappa shape index (κ1) is 16.2. The molecular formula is C16H25FN2O2. The zero-order chi connectivity index (χ0) is 15.2. The van der Waals surface area contributed by atoms with Crippen LogP contribution in [0.2, 0.25) is 0 Å². The third-order valence-electron chi connectivity index (χ3n) is 3.99. The molecule has 2 N–H and O–H groups in total. The van der Waals surface area contributed by atoms with Gasteiger partial charge in [-0.25, -0.2) is 4.39 Å².